The fourth-order valence-electron chi connectivity index (χ4n) is 0.729. The second kappa shape index (κ2) is 17.7. The van der Waals surface area contributed by atoms with Crippen molar-refractivity contribution in [1.29, 1.82) is 0 Å². The van der Waals surface area contributed by atoms with E-state index in [9.17, 15) is 0 Å². The summed E-state index contributed by atoms with van der Waals surface area (Å²) < 4.78 is 7.50. The van der Waals surface area contributed by atoms with E-state index in [4.69, 9.17) is 0 Å². The molecule has 0 unspecified atom stereocenters. The molecule has 0 aromatic heterocycles. The normalized spacial score (nSPS) is 9.00. The largest absolute Gasteiger partial charge is 0.388 e. The molecule has 0 bridgehead atoms. The van der Waals surface area contributed by atoms with Gasteiger partial charge in [0, 0.05) is 14.2 Å². The van der Waals surface area contributed by atoms with Gasteiger partial charge in [0.25, 0.3) is 0 Å². The Balaban J connectivity index is 0. The molecule has 0 aliphatic carbocycles. The van der Waals surface area contributed by atoms with Gasteiger partial charge in [0.1, 0.15) is 0 Å². The molecule has 0 aliphatic heterocycles. The van der Waals surface area contributed by atoms with Crippen LogP contribution < -0.4 is 0 Å². The summed E-state index contributed by atoms with van der Waals surface area (Å²) in [6.07, 6.45) is 5.84. The number of ether oxygens (including phenoxy) is 1. The van der Waals surface area contributed by atoms with Crippen molar-refractivity contribution >= 4 is 21.1 Å². The van der Waals surface area contributed by atoms with Crippen LogP contribution in [0.1, 0.15) is 39.5 Å². The van der Waals surface area contributed by atoms with Crippen LogP contribution in [0, 0.1) is 0 Å². The molecule has 12 heavy (non-hydrogen) atoms. The maximum Gasteiger partial charge on any atom is 0.0351 e. The molecular weight excluding hydrogens is 255 g/mol. The van der Waals surface area contributed by atoms with Gasteiger partial charge >= 0.3 is 69.5 Å². The molecule has 0 saturated heterocycles. The number of hydrogen-bond donors (Lipinski definition) is 0. The number of methoxy groups -OCH3 is 1. The Morgan fingerprint density at radius 2 is 1.25 bits per heavy atom. The van der Waals surface area contributed by atoms with E-state index >= 15 is 0 Å². The van der Waals surface area contributed by atoms with Crippen LogP contribution in [0.4, 0.5) is 0 Å². The van der Waals surface area contributed by atoms with Crippen molar-refractivity contribution in [2.45, 2.75) is 48.4 Å². The van der Waals surface area contributed by atoms with Crippen molar-refractivity contribution < 1.29 is 4.74 Å². The topological polar surface area (TPSA) is 9.23 Å². The fraction of sp³-hybridized carbons (Fsp3) is 1.00. The monoisotopic (exact) mass is 280 g/mol. The van der Waals surface area contributed by atoms with Crippen LogP contribution in [0.15, 0.2) is 0 Å². The second-order valence-corrected chi connectivity index (χ2v) is 7.15. The van der Waals surface area contributed by atoms with Gasteiger partial charge in [-0.3, -0.25) is 0 Å². The SMILES string of the molecule is CCC[CH2][Sn][CH2]CCC.COC. The molecule has 0 N–H and O–H groups in total. The summed E-state index contributed by atoms with van der Waals surface area (Å²) in [5, 5.41) is 0. The summed E-state index contributed by atoms with van der Waals surface area (Å²) >= 11 is 0.149. The van der Waals surface area contributed by atoms with Crippen molar-refractivity contribution in [1.82, 2.24) is 0 Å². The van der Waals surface area contributed by atoms with E-state index in [0.717, 1.165) is 0 Å². The molecule has 1 nitrogen and oxygen atoms in total. The third-order valence-corrected chi connectivity index (χ3v) is 5.45. The first-order valence-corrected chi connectivity index (χ1v) is 8.97. The van der Waals surface area contributed by atoms with Crippen LogP contribution in [0.3, 0.4) is 0 Å². The molecule has 0 aliphatic rings. The van der Waals surface area contributed by atoms with Gasteiger partial charge in [-0.1, -0.05) is 0 Å². The zero-order chi connectivity index (χ0) is 9.66. The quantitative estimate of drug-likeness (QED) is 0.535. The van der Waals surface area contributed by atoms with Crippen molar-refractivity contribution in [2.75, 3.05) is 14.2 Å². The zero-order valence-corrected chi connectivity index (χ0v) is 12.0. The average molecular weight is 279 g/mol. The number of rotatable bonds is 6. The second-order valence-electron chi connectivity index (χ2n) is 2.87. The Morgan fingerprint density at radius 3 is 1.50 bits per heavy atom. The summed E-state index contributed by atoms with van der Waals surface area (Å²) in [7, 11) is 3.25. The molecule has 0 saturated carbocycles. The zero-order valence-electron chi connectivity index (χ0n) is 9.15. The summed E-state index contributed by atoms with van der Waals surface area (Å²) in [5.41, 5.74) is 0. The van der Waals surface area contributed by atoms with Crippen LogP contribution in [0.25, 0.3) is 0 Å². The molecule has 0 rings (SSSR count). The minimum atomic E-state index is 0.149. The van der Waals surface area contributed by atoms with Crippen LogP contribution >= 0.6 is 0 Å². The summed E-state index contributed by atoms with van der Waals surface area (Å²) in [6.45, 7) is 4.58. The van der Waals surface area contributed by atoms with Gasteiger partial charge in [0.2, 0.25) is 0 Å². The van der Waals surface area contributed by atoms with Crippen LogP contribution in [-0.2, 0) is 4.74 Å². The minimum absolute atomic E-state index is 0.149. The molecule has 74 valence electrons. The molecule has 0 aromatic rings. The Morgan fingerprint density at radius 1 is 0.917 bits per heavy atom. The van der Waals surface area contributed by atoms with Crippen molar-refractivity contribution in [3.8, 4) is 0 Å². The maximum absolute atomic E-state index is 4.25. The van der Waals surface area contributed by atoms with E-state index in [1.807, 2.05) is 0 Å². The number of hydrogen-bond acceptors (Lipinski definition) is 1. The van der Waals surface area contributed by atoms with E-state index in [-0.39, 0.29) is 21.1 Å². The van der Waals surface area contributed by atoms with Gasteiger partial charge in [-0.05, 0) is 0 Å². The Bertz CT molecular complexity index is 51.8. The van der Waals surface area contributed by atoms with Crippen molar-refractivity contribution in [2.24, 2.45) is 0 Å². The average Bonchev–Trinajstić information content (AvgIpc) is 2.06. The summed E-state index contributed by atoms with van der Waals surface area (Å²) in [4.78, 5) is 0. The molecular formula is C10H24OSn. The summed E-state index contributed by atoms with van der Waals surface area (Å²) in [5.74, 6) is 0. The first-order chi connectivity index (χ1) is 5.83. The first-order valence-electron chi connectivity index (χ1n) is 4.94. The predicted octanol–water partition coefficient (Wildman–Crippen LogP) is 3.39. The summed E-state index contributed by atoms with van der Waals surface area (Å²) in [6, 6.07) is 0. The Kier molecular flexibility index (Phi) is 22.5. The van der Waals surface area contributed by atoms with Crippen LogP contribution in [-0.4, -0.2) is 35.4 Å². The molecule has 0 aromatic carbocycles. The van der Waals surface area contributed by atoms with E-state index in [0.29, 0.717) is 0 Å². The minimum Gasteiger partial charge on any atom is -0.388 e. The van der Waals surface area contributed by atoms with E-state index in [1.165, 1.54) is 25.7 Å². The van der Waals surface area contributed by atoms with Crippen LogP contribution in [0.5, 0.6) is 0 Å². The van der Waals surface area contributed by atoms with Crippen molar-refractivity contribution in [3.63, 3.8) is 0 Å². The van der Waals surface area contributed by atoms with Gasteiger partial charge in [0.05, 0.1) is 0 Å². The first kappa shape index (κ1) is 15.2. The molecule has 0 atom stereocenters. The third kappa shape index (κ3) is 22.4. The molecule has 2 radical (unpaired) electrons. The van der Waals surface area contributed by atoms with Crippen molar-refractivity contribution in [3.05, 3.63) is 0 Å². The predicted molar refractivity (Wildman–Crippen MR) is 58.1 cm³/mol. The molecule has 0 heterocycles. The van der Waals surface area contributed by atoms with Gasteiger partial charge in [0.15, 0.2) is 0 Å². The molecule has 2 heteroatoms. The van der Waals surface area contributed by atoms with Crippen LogP contribution in [0.2, 0.25) is 8.87 Å². The van der Waals surface area contributed by atoms with Gasteiger partial charge < -0.3 is 4.74 Å². The van der Waals surface area contributed by atoms with E-state index in [2.05, 4.69) is 18.6 Å². The van der Waals surface area contributed by atoms with E-state index < -0.39 is 0 Å². The number of unbranched alkanes of at least 4 members (excludes halogenated alkanes) is 2. The molecule has 0 fully saturated rings. The smallest absolute Gasteiger partial charge is 0.0351 e. The fourth-order valence-corrected chi connectivity index (χ4v) is 4.89. The van der Waals surface area contributed by atoms with Gasteiger partial charge in [-0.15, -0.1) is 0 Å². The Hall–Kier alpha value is 0.759. The Labute approximate surface area is 88.5 Å². The molecule has 0 amide bonds. The maximum atomic E-state index is 4.25. The van der Waals surface area contributed by atoms with Gasteiger partial charge in [-0.2, -0.15) is 0 Å². The molecule has 0 spiro atoms. The third-order valence-electron chi connectivity index (χ3n) is 1.41. The van der Waals surface area contributed by atoms with Gasteiger partial charge in [-0.25, -0.2) is 0 Å². The standard InChI is InChI=1S/2C4H9.C2H6O.Sn/c2*1-3-4-2;1-3-2;/h2*1,3-4H2,2H3;1-2H3;. The van der Waals surface area contributed by atoms with E-state index in [1.54, 1.807) is 23.1 Å².